The van der Waals surface area contributed by atoms with E-state index in [1.54, 1.807) is 31.4 Å². The number of anilines is 1. The second-order valence-corrected chi connectivity index (χ2v) is 4.47. The largest absolute Gasteiger partial charge is 0.296 e. The number of halogens is 1. The lowest BCUT2D eigenvalue weighted by atomic mass is 10.2. The number of benzene rings is 1. The van der Waals surface area contributed by atoms with Crippen LogP contribution in [0.25, 0.3) is 0 Å². The summed E-state index contributed by atoms with van der Waals surface area (Å²) in [5.74, 6) is 0.566. The zero-order valence-electron chi connectivity index (χ0n) is 9.30. The Morgan fingerprint density at radius 2 is 1.88 bits per heavy atom. The molecule has 0 spiro atoms. The zero-order valence-corrected chi connectivity index (χ0v) is 10.9. The highest BCUT2D eigenvalue weighted by Gasteiger charge is 2.13. The highest BCUT2D eigenvalue weighted by Crippen LogP contribution is 2.14. The van der Waals surface area contributed by atoms with E-state index in [1.165, 1.54) is 4.90 Å². The minimum absolute atomic E-state index is 0.0730. The fraction of sp³-hybridized carbons (Fsp3) is 0.0769. The number of hydrogen-bond donors (Lipinski definition) is 0. The number of carbonyl (C=O) groups is 1. The van der Waals surface area contributed by atoms with Gasteiger partial charge in [-0.05, 0) is 36.4 Å². The molecule has 1 amide bonds. The first-order chi connectivity index (χ1) is 8.18. The summed E-state index contributed by atoms with van der Waals surface area (Å²) >= 11 is 3.34. The molecule has 2 aromatic rings. The van der Waals surface area contributed by atoms with Gasteiger partial charge in [-0.1, -0.05) is 22.0 Å². The van der Waals surface area contributed by atoms with Gasteiger partial charge in [0.15, 0.2) is 0 Å². The molecule has 4 heteroatoms. The summed E-state index contributed by atoms with van der Waals surface area (Å²) in [5, 5.41) is 0. The third-order valence-corrected chi connectivity index (χ3v) is 2.92. The predicted molar refractivity (Wildman–Crippen MR) is 71.1 cm³/mol. The van der Waals surface area contributed by atoms with Crippen LogP contribution in [0, 0.1) is 0 Å². The van der Waals surface area contributed by atoms with Crippen LogP contribution in [0.4, 0.5) is 5.82 Å². The molecule has 0 aliphatic carbocycles. The molecule has 1 heterocycles. The SMILES string of the molecule is CN(C(=O)c1ccc(Br)cc1)c1ccccn1. The molecule has 0 atom stereocenters. The normalized spacial score (nSPS) is 10.0. The van der Waals surface area contributed by atoms with Gasteiger partial charge in [-0.15, -0.1) is 0 Å². The second-order valence-electron chi connectivity index (χ2n) is 3.56. The van der Waals surface area contributed by atoms with Crippen LogP contribution in [0.15, 0.2) is 53.1 Å². The molecule has 0 aliphatic rings. The first kappa shape index (κ1) is 11.8. The number of hydrogen-bond acceptors (Lipinski definition) is 2. The summed E-state index contributed by atoms with van der Waals surface area (Å²) in [6.07, 6.45) is 1.67. The Kier molecular flexibility index (Phi) is 3.54. The summed E-state index contributed by atoms with van der Waals surface area (Å²) in [6.45, 7) is 0. The number of carbonyl (C=O) groups excluding carboxylic acids is 1. The van der Waals surface area contributed by atoms with Gasteiger partial charge in [0, 0.05) is 23.3 Å². The maximum Gasteiger partial charge on any atom is 0.259 e. The third-order valence-electron chi connectivity index (χ3n) is 2.39. The van der Waals surface area contributed by atoms with Gasteiger partial charge in [0.2, 0.25) is 0 Å². The maximum atomic E-state index is 12.1. The van der Waals surface area contributed by atoms with E-state index in [-0.39, 0.29) is 5.91 Å². The van der Waals surface area contributed by atoms with Crippen LogP contribution in [-0.4, -0.2) is 17.9 Å². The molecule has 1 aromatic heterocycles. The number of amides is 1. The van der Waals surface area contributed by atoms with Gasteiger partial charge < -0.3 is 0 Å². The molecule has 0 saturated carbocycles. The van der Waals surface area contributed by atoms with Crippen molar-refractivity contribution in [3.05, 3.63) is 58.7 Å². The van der Waals surface area contributed by atoms with Crippen molar-refractivity contribution >= 4 is 27.7 Å². The van der Waals surface area contributed by atoms with Gasteiger partial charge in [-0.2, -0.15) is 0 Å². The number of pyridine rings is 1. The van der Waals surface area contributed by atoms with Gasteiger partial charge in [-0.3, -0.25) is 9.69 Å². The lowest BCUT2D eigenvalue weighted by molar-refractivity contribution is 0.0992. The zero-order chi connectivity index (χ0) is 12.3. The van der Waals surface area contributed by atoms with Crippen molar-refractivity contribution < 1.29 is 4.79 Å². The van der Waals surface area contributed by atoms with Crippen molar-refractivity contribution in [3.63, 3.8) is 0 Å². The van der Waals surface area contributed by atoms with Crippen LogP contribution in [0.1, 0.15) is 10.4 Å². The van der Waals surface area contributed by atoms with Crippen molar-refractivity contribution in [2.24, 2.45) is 0 Å². The standard InChI is InChI=1S/C13H11BrN2O/c1-16(12-4-2-3-9-15-12)13(17)10-5-7-11(14)8-6-10/h2-9H,1H3. The van der Waals surface area contributed by atoms with Crippen molar-refractivity contribution in [2.45, 2.75) is 0 Å². The van der Waals surface area contributed by atoms with E-state index in [1.807, 2.05) is 24.3 Å². The monoisotopic (exact) mass is 290 g/mol. The molecule has 0 fully saturated rings. The molecule has 1 aromatic carbocycles. The average molecular weight is 291 g/mol. The fourth-order valence-electron chi connectivity index (χ4n) is 1.44. The Morgan fingerprint density at radius 1 is 1.18 bits per heavy atom. The van der Waals surface area contributed by atoms with E-state index in [0.29, 0.717) is 11.4 Å². The lowest BCUT2D eigenvalue weighted by Gasteiger charge is -2.15. The van der Waals surface area contributed by atoms with E-state index < -0.39 is 0 Å². The predicted octanol–water partition coefficient (Wildman–Crippen LogP) is 3.12. The highest BCUT2D eigenvalue weighted by molar-refractivity contribution is 9.10. The Hall–Kier alpha value is -1.68. The van der Waals surface area contributed by atoms with Crippen LogP contribution in [0.3, 0.4) is 0 Å². The summed E-state index contributed by atoms with van der Waals surface area (Å²) in [4.78, 5) is 17.8. The lowest BCUT2D eigenvalue weighted by Crippen LogP contribution is -2.26. The average Bonchev–Trinajstić information content (AvgIpc) is 2.39. The Bertz CT molecular complexity index is 511. The topological polar surface area (TPSA) is 33.2 Å². The molecule has 0 saturated heterocycles. The van der Waals surface area contributed by atoms with E-state index in [9.17, 15) is 4.79 Å². The van der Waals surface area contributed by atoms with Gasteiger partial charge in [0.1, 0.15) is 5.82 Å². The van der Waals surface area contributed by atoms with Gasteiger partial charge >= 0.3 is 0 Å². The van der Waals surface area contributed by atoms with Crippen LogP contribution in [0.2, 0.25) is 0 Å². The van der Waals surface area contributed by atoms with E-state index >= 15 is 0 Å². The number of aromatic nitrogens is 1. The molecule has 3 nitrogen and oxygen atoms in total. The highest BCUT2D eigenvalue weighted by atomic mass is 79.9. The molecular weight excluding hydrogens is 280 g/mol. The smallest absolute Gasteiger partial charge is 0.259 e. The molecule has 0 N–H and O–H groups in total. The van der Waals surface area contributed by atoms with Gasteiger partial charge in [-0.25, -0.2) is 4.98 Å². The molecule has 17 heavy (non-hydrogen) atoms. The number of rotatable bonds is 2. The number of nitrogens with zero attached hydrogens (tertiary/aromatic N) is 2. The van der Waals surface area contributed by atoms with E-state index in [0.717, 1.165) is 4.47 Å². The van der Waals surface area contributed by atoms with Crippen LogP contribution in [-0.2, 0) is 0 Å². The summed E-state index contributed by atoms with van der Waals surface area (Å²) < 4.78 is 0.953. The molecule has 2 rings (SSSR count). The molecule has 0 unspecified atom stereocenters. The Balaban J connectivity index is 2.23. The second kappa shape index (κ2) is 5.10. The van der Waals surface area contributed by atoms with Crippen LogP contribution < -0.4 is 4.90 Å². The fourth-order valence-corrected chi connectivity index (χ4v) is 1.71. The molecule has 0 aliphatic heterocycles. The third kappa shape index (κ3) is 2.71. The Morgan fingerprint density at radius 3 is 2.47 bits per heavy atom. The van der Waals surface area contributed by atoms with Crippen LogP contribution in [0.5, 0.6) is 0 Å². The van der Waals surface area contributed by atoms with E-state index in [2.05, 4.69) is 20.9 Å². The molecule has 0 bridgehead atoms. The maximum absolute atomic E-state index is 12.1. The van der Waals surface area contributed by atoms with Gasteiger partial charge in [0.05, 0.1) is 0 Å². The van der Waals surface area contributed by atoms with Crippen molar-refractivity contribution in [1.82, 2.24) is 4.98 Å². The first-order valence-corrected chi connectivity index (χ1v) is 5.92. The summed E-state index contributed by atoms with van der Waals surface area (Å²) in [6, 6.07) is 12.7. The minimum atomic E-state index is -0.0730. The molecule has 86 valence electrons. The van der Waals surface area contributed by atoms with Gasteiger partial charge in [0.25, 0.3) is 5.91 Å². The first-order valence-electron chi connectivity index (χ1n) is 5.13. The Labute approximate surface area is 108 Å². The van der Waals surface area contributed by atoms with Crippen molar-refractivity contribution in [1.29, 1.82) is 0 Å². The van der Waals surface area contributed by atoms with Crippen molar-refractivity contribution in [2.75, 3.05) is 11.9 Å². The van der Waals surface area contributed by atoms with Crippen LogP contribution >= 0.6 is 15.9 Å². The summed E-state index contributed by atoms with van der Waals surface area (Å²) in [7, 11) is 1.71. The summed E-state index contributed by atoms with van der Waals surface area (Å²) in [5.41, 5.74) is 0.640. The minimum Gasteiger partial charge on any atom is -0.296 e. The van der Waals surface area contributed by atoms with E-state index in [4.69, 9.17) is 0 Å². The quantitative estimate of drug-likeness (QED) is 0.851. The van der Waals surface area contributed by atoms with Crippen molar-refractivity contribution in [3.8, 4) is 0 Å². The molecular formula is C13H11BrN2O. The molecule has 0 radical (unpaired) electrons.